The summed E-state index contributed by atoms with van der Waals surface area (Å²) >= 11 is 6.05. The standard InChI is InChI=1S/C21H15ClN2O2/c1-26-17-10-11-18-19(13-17)24(16-8-3-2-4-9-16)21(25)20(18)23-15-7-5-6-14(22)12-15/h2-13H,1H3/b23-20-. The van der Waals surface area contributed by atoms with Crippen LogP contribution in [0.4, 0.5) is 17.1 Å². The minimum absolute atomic E-state index is 0.181. The van der Waals surface area contributed by atoms with Gasteiger partial charge in [-0.25, -0.2) is 4.99 Å². The molecule has 0 aliphatic carbocycles. The number of carbonyl (C=O) groups is 1. The average molecular weight is 363 g/mol. The van der Waals surface area contributed by atoms with Crippen molar-refractivity contribution in [3.63, 3.8) is 0 Å². The number of halogens is 1. The summed E-state index contributed by atoms with van der Waals surface area (Å²) in [6.45, 7) is 0. The fourth-order valence-corrected chi connectivity index (χ4v) is 3.15. The lowest BCUT2D eigenvalue weighted by atomic mass is 10.1. The predicted molar refractivity (Wildman–Crippen MR) is 104 cm³/mol. The third-order valence-corrected chi connectivity index (χ3v) is 4.41. The second-order valence-electron chi connectivity index (χ2n) is 5.80. The number of rotatable bonds is 3. The maximum absolute atomic E-state index is 13.2. The van der Waals surface area contributed by atoms with Crippen LogP contribution in [0.3, 0.4) is 0 Å². The van der Waals surface area contributed by atoms with Crippen LogP contribution in [0.1, 0.15) is 5.56 Å². The Morgan fingerprint density at radius 1 is 0.962 bits per heavy atom. The Morgan fingerprint density at radius 3 is 2.50 bits per heavy atom. The van der Waals surface area contributed by atoms with Crippen LogP contribution >= 0.6 is 11.6 Å². The van der Waals surface area contributed by atoms with Gasteiger partial charge in [-0.1, -0.05) is 35.9 Å². The molecule has 4 nitrogen and oxygen atoms in total. The van der Waals surface area contributed by atoms with E-state index in [2.05, 4.69) is 4.99 Å². The highest BCUT2D eigenvalue weighted by Crippen LogP contribution is 2.38. The summed E-state index contributed by atoms with van der Waals surface area (Å²) < 4.78 is 5.33. The number of benzene rings is 3. The van der Waals surface area contributed by atoms with Crippen LogP contribution in [-0.4, -0.2) is 18.7 Å². The smallest absolute Gasteiger partial charge is 0.282 e. The van der Waals surface area contributed by atoms with Crippen molar-refractivity contribution in [2.24, 2.45) is 4.99 Å². The molecule has 0 N–H and O–H groups in total. The van der Waals surface area contributed by atoms with Crippen molar-refractivity contribution in [2.45, 2.75) is 0 Å². The first-order valence-electron chi connectivity index (χ1n) is 8.09. The molecule has 1 heterocycles. The minimum Gasteiger partial charge on any atom is -0.497 e. The molecule has 0 atom stereocenters. The van der Waals surface area contributed by atoms with Crippen molar-refractivity contribution in [1.29, 1.82) is 0 Å². The van der Waals surface area contributed by atoms with Crippen molar-refractivity contribution < 1.29 is 9.53 Å². The summed E-state index contributed by atoms with van der Waals surface area (Å²) in [5, 5.41) is 0.576. The summed E-state index contributed by atoms with van der Waals surface area (Å²) in [6, 6.07) is 22.2. The molecular formula is C21H15ClN2O2. The van der Waals surface area contributed by atoms with E-state index >= 15 is 0 Å². The first-order chi connectivity index (χ1) is 12.7. The number of methoxy groups -OCH3 is 1. The highest BCUT2D eigenvalue weighted by atomic mass is 35.5. The van der Waals surface area contributed by atoms with Crippen molar-refractivity contribution in [3.8, 4) is 5.75 Å². The number of para-hydroxylation sites is 1. The molecule has 0 bridgehead atoms. The molecule has 1 aliphatic rings. The van der Waals surface area contributed by atoms with Crippen molar-refractivity contribution >= 4 is 40.3 Å². The van der Waals surface area contributed by atoms with Gasteiger partial charge in [-0.2, -0.15) is 0 Å². The predicted octanol–water partition coefficient (Wildman–Crippen LogP) is 5.15. The Labute approximate surface area is 156 Å². The number of hydrogen-bond acceptors (Lipinski definition) is 3. The van der Waals surface area contributed by atoms with Crippen LogP contribution in [-0.2, 0) is 4.79 Å². The molecule has 0 aromatic heterocycles. The molecule has 0 saturated carbocycles. The molecule has 0 unspecified atom stereocenters. The van der Waals surface area contributed by atoms with Gasteiger partial charge in [-0.05, 0) is 42.5 Å². The lowest BCUT2D eigenvalue weighted by Crippen LogP contribution is -2.25. The number of carbonyl (C=O) groups excluding carboxylic acids is 1. The molecule has 128 valence electrons. The van der Waals surface area contributed by atoms with E-state index in [-0.39, 0.29) is 5.91 Å². The van der Waals surface area contributed by atoms with E-state index < -0.39 is 0 Å². The molecule has 0 spiro atoms. The summed E-state index contributed by atoms with van der Waals surface area (Å²) in [6.07, 6.45) is 0. The summed E-state index contributed by atoms with van der Waals surface area (Å²) in [5.41, 5.74) is 3.32. The lowest BCUT2D eigenvalue weighted by molar-refractivity contribution is -0.111. The average Bonchev–Trinajstić information content (AvgIpc) is 2.93. The molecule has 0 fully saturated rings. The molecule has 0 radical (unpaired) electrons. The lowest BCUT2D eigenvalue weighted by Gasteiger charge is -2.17. The van der Waals surface area contributed by atoms with Crippen molar-refractivity contribution in [3.05, 3.63) is 83.4 Å². The Hall–Kier alpha value is -3.11. The van der Waals surface area contributed by atoms with E-state index in [1.54, 1.807) is 24.1 Å². The summed E-state index contributed by atoms with van der Waals surface area (Å²) in [7, 11) is 1.60. The van der Waals surface area contributed by atoms with Crippen LogP contribution in [0.25, 0.3) is 0 Å². The van der Waals surface area contributed by atoms with Crippen LogP contribution in [0, 0.1) is 0 Å². The van der Waals surface area contributed by atoms with E-state index in [0.717, 1.165) is 16.9 Å². The second kappa shape index (κ2) is 6.65. The number of ether oxygens (including phenoxy) is 1. The fourth-order valence-electron chi connectivity index (χ4n) is 2.97. The van der Waals surface area contributed by atoms with E-state index in [1.165, 1.54) is 0 Å². The Balaban J connectivity index is 1.89. The SMILES string of the molecule is COc1ccc2c(c1)N(c1ccccc1)C(=O)/C2=N\c1cccc(Cl)c1. The van der Waals surface area contributed by atoms with E-state index in [9.17, 15) is 4.79 Å². The zero-order chi connectivity index (χ0) is 18.1. The van der Waals surface area contributed by atoms with Gasteiger partial charge in [-0.3, -0.25) is 9.69 Å². The molecule has 26 heavy (non-hydrogen) atoms. The van der Waals surface area contributed by atoms with E-state index in [4.69, 9.17) is 16.3 Å². The monoisotopic (exact) mass is 362 g/mol. The largest absolute Gasteiger partial charge is 0.497 e. The molecule has 1 aliphatic heterocycles. The Kier molecular flexibility index (Phi) is 4.19. The first kappa shape index (κ1) is 16.4. The molecule has 3 aromatic rings. The van der Waals surface area contributed by atoms with Crippen LogP contribution < -0.4 is 9.64 Å². The molecule has 1 amide bonds. The number of anilines is 2. The zero-order valence-corrected chi connectivity index (χ0v) is 14.8. The first-order valence-corrected chi connectivity index (χ1v) is 8.47. The molecule has 4 rings (SSSR count). The van der Waals surface area contributed by atoms with Gasteiger partial charge in [0.2, 0.25) is 0 Å². The van der Waals surface area contributed by atoms with Crippen molar-refractivity contribution in [1.82, 2.24) is 0 Å². The van der Waals surface area contributed by atoms with Crippen molar-refractivity contribution in [2.75, 3.05) is 12.0 Å². The van der Waals surface area contributed by atoms with Gasteiger partial charge < -0.3 is 4.74 Å². The number of nitrogens with zero attached hydrogens (tertiary/aromatic N) is 2. The molecular weight excluding hydrogens is 348 g/mol. The number of amides is 1. The molecule has 3 aromatic carbocycles. The quantitative estimate of drug-likeness (QED) is 0.646. The topological polar surface area (TPSA) is 41.9 Å². The Morgan fingerprint density at radius 2 is 1.77 bits per heavy atom. The third kappa shape index (κ3) is 2.85. The van der Waals surface area contributed by atoms with Gasteiger partial charge in [-0.15, -0.1) is 0 Å². The van der Waals surface area contributed by atoms with Gasteiger partial charge in [0, 0.05) is 22.3 Å². The number of fused-ring (bicyclic) bond motifs is 1. The molecule has 0 saturated heterocycles. The fraction of sp³-hybridized carbons (Fsp3) is 0.0476. The Bertz CT molecular complexity index is 1020. The van der Waals surface area contributed by atoms with Crippen LogP contribution in [0.15, 0.2) is 77.8 Å². The maximum atomic E-state index is 13.2. The van der Waals surface area contributed by atoms with Gasteiger partial charge in [0.05, 0.1) is 18.5 Å². The summed E-state index contributed by atoms with van der Waals surface area (Å²) in [5.74, 6) is 0.501. The number of hydrogen-bond donors (Lipinski definition) is 0. The van der Waals surface area contributed by atoms with Gasteiger partial charge >= 0.3 is 0 Å². The number of aliphatic imine (C=N–C) groups is 1. The third-order valence-electron chi connectivity index (χ3n) is 4.17. The van der Waals surface area contributed by atoms with Crippen LogP contribution in [0.5, 0.6) is 5.75 Å². The second-order valence-corrected chi connectivity index (χ2v) is 6.24. The minimum atomic E-state index is -0.181. The summed E-state index contributed by atoms with van der Waals surface area (Å²) in [4.78, 5) is 19.4. The highest BCUT2D eigenvalue weighted by molar-refractivity contribution is 6.56. The zero-order valence-electron chi connectivity index (χ0n) is 14.0. The highest BCUT2D eigenvalue weighted by Gasteiger charge is 2.35. The normalized spacial score (nSPS) is 14.6. The molecule has 5 heteroatoms. The van der Waals surface area contributed by atoms with Crippen LogP contribution in [0.2, 0.25) is 5.02 Å². The maximum Gasteiger partial charge on any atom is 0.282 e. The van der Waals surface area contributed by atoms with Gasteiger partial charge in [0.1, 0.15) is 11.5 Å². The van der Waals surface area contributed by atoms with Gasteiger partial charge in [0.25, 0.3) is 5.91 Å². The van der Waals surface area contributed by atoms with Gasteiger partial charge in [0.15, 0.2) is 0 Å². The van der Waals surface area contributed by atoms with E-state index in [0.29, 0.717) is 22.2 Å². The van der Waals surface area contributed by atoms with E-state index in [1.807, 2.05) is 60.7 Å².